The maximum atomic E-state index is 4.38. The van der Waals surface area contributed by atoms with Crippen molar-refractivity contribution >= 4 is 17.2 Å². The Kier molecular flexibility index (Phi) is 2.80. The Bertz CT molecular complexity index is 2370. The van der Waals surface area contributed by atoms with Crippen LogP contribution in [0, 0.1) is 23.7 Å². The molecule has 4 bridgehead atoms. The molecule has 4 aliphatic carbocycles. The summed E-state index contributed by atoms with van der Waals surface area (Å²) in [4.78, 5) is 7.14. The van der Waals surface area contributed by atoms with Gasteiger partial charge in [-0.1, -0.05) is 0 Å². The molecule has 272 valence electrons. The van der Waals surface area contributed by atoms with Gasteiger partial charge in [-0.25, -0.2) is 0 Å². The van der Waals surface area contributed by atoms with Crippen LogP contribution in [0.2, 0.25) is 37.5 Å². The first kappa shape index (κ1) is 28.2. The minimum absolute atomic E-state index is 0.0896. The number of rotatable bonds is 8. The van der Waals surface area contributed by atoms with Gasteiger partial charge in [-0.2, -0.15) is 0 Å². The van der Waals surface area contributed by atoms with Crippen molar-refractivity contribution in [2.45, 2.75) is 153 Å². The fraction of sp³-hybridized carbons (Fsp3) is 0.739. The third kappa shape index (κ3) is 0.871. The van der Waals surface area contributed by atoms with Gasteiger partial charge in [0, 0.05) is 0 Å². The molecule has 4 saturated carbocycles. The number of nitrogens with one attached hydrogen (secondary N) is 2. The van der Waals surface area contributed by atoms with E-state index in [1.807, 2.05) is 11.1 Å². The van der Waals surface area contributed by atoms with E-state index in [0.717, 1.165) is 34.1 Å². The van der Waals surface area contributed by atoms with Crippen LogP contribution in [0.25, 0.3) is 0 Å². The van der Waals surface area contributed by atoms with Crippen LogP contribution in [0.1, 0.15) is 89.7 Å². The number of fused-ring (bicyclic) bond motifs is 10. The quantitative estimate of drug-likeness (QED) is 0.207. The second-order valence-electron chi connectivity index (χ2n) is 24.7. The Balaban J connectivity index is 1.01. The van der Waals surface area contributed by atoms with Crippen LogP contribution in [-0.4, -0.2) is 47.3 Å². The second kappa shape index (κ2) is 5.06. The average molecular weight is 759 g/mol. The van der Waals surface area contributed by atoms with E-state index in [0.29, 0.717) is 39.6 Å². The Morgan fingerprint density at radius 1 is 0.725 bits per heavy atom. The summed E-state index contributed by atoms with van der Waals surface area (Å²) in [5.41, 5.74) is 4.87. The Hall–Kier alpha value is -0.261. The van der Waals surface area contributed by atoms with E-state index in [-0.39, 0.29) is 7.92 Å². The monoisotopic (exact) mass is 758 g/mol. The standard InChI is InChI=1S/C41H55N2P2.C5H5.Fe/c1-40(2,3)45(39-31-21-27-20-28(23-31)24-32(39)22-27)26-34-35(41(44,36-16-10-18-42-36)37-17-11-19-43-37)25-33(29-12-6-4-7-13-29)38(34)30-14-8-5-9-15-30;1-2-4-5-3-1;/h4-9,12-15,25,27-28,31-32,36-37,39,42-43H,10-11,16-24,26,44H2,1-3H3;1-5H;. The molecule has 2 aromatic carbocycles. The van der Waals surface area contributed by atoms with Crippen molar-refractivity contribution in [2.24, 2.45) is 23.7 Å². The number of benzene rings is 2. The van der Waals surface area contributed by atoms with Crippen molar-refractivity contribution in [3.63, 3.8) is 0 Å². The molecule has 12 heterocycles. The predicted molar refractivity (Wildman–Crippen MR) is 211 cm³/mol. The van der Waals surface area contributed by atoms with Gasteiger partial charge in [0.05, 0.1) is 0 Å². The third-order valence-corrected chi connectivity index (χ3v) is 77.9. The van der Waals surface area contributed by atoms with Crippen molar-refractivity contribution < 1.29 is 6.51 Å². The van der Waals surface area contributed by atoms with Crippen molar-refractivity contribution in [1.82, 2.24) is 10.6 Å². The van der Waals surface area contributed by atoms with Gasteiger partial charge in [0.1, 0.15) is 0 Å². The van der Waals surface area contributed by atoms with Crippen molar-refractivity contribution in [3.05, 3.63) is 71.8 Å². The van der Waals surface area contributed by atoms with Crippen LogP contribution in [0.4, 0.5) is 0 Å². The molecule has 2 nitrogen and oxygen atoms in total. The van der Waals surface area contributed by atoms with Gasteiger partial charge in [-0.3, -0.25) is 0 Å². The Morgan fingerprint density at radius 3 is 1.69 bits per heavy atom. The zero-order chi connectivity index (χ0) is 33.5. The first-order valence-corrected chi connectivity index (χ1v) is 30.1. The van der Waals surface area contributed by atoms with Crippen LogP contribution in [-0.2, 0) is 15.1 Å². The van der Waals surface area contributed by atoms with Gasteiger partial charge < -0.3 is 0 Å². The van der Waals surface area contributed by atoms with Crippen LogP contribution < -0.4 is 10.6 Å². The van der Waals surface area contributed by atoms with E-state index in [4.69, 9.17) is 0 Å². The third-order valence-electron chi connectivity index (χ3n) is 27.6. The molecule has 51 heavy (non-hydrogen) atoms. The predicted octanol–water partition coefficient (Wildman–Crippen LogP) is 10.6. The number of hydrogen-bond acceptors (Lipinski definition) is 2. The molecule has 2 N–H and O–H groups in total. The molecule has 9 unspecified atom stereocenters. The van der Waals surface area contributed by atoms with Gasteiger partial charge in [0.25, 0.3) is 0 Å². The molecule has 1 spiro atoms. The average Bonchev–Trinajstić information content (AvgIpc) is 3.90. The summed E-state index contributed by atoms with van der Waals surface area (Å²) < 4.78 is 2.44. The van der Waals surface area contributed by atoms with Gasteiger partial charge in [0.15, 0.2) is 0 Å². The molecule has 9 atom stereocenters. The zero-order valence-corrected chi connectivity index (χ0v) is 34.3. The molecular formula is C46H60FeN2P2. The van der Waals surface area contributed by atoms with Crippen LogP contribution in [0.5, 0.6) is 0 Å². The van der Waals surface area contributed by atoms with Crippen LogP contribution in [0.3, 0.4) is 0 Å². The van der Waals surface area contributed by atoms with E-state index in [1.54, 1.807) is 38.3 Å². The molecule has 16 aliphatic rings. The van der Waals surface area contributed by atoms with Gasteiger partial charge in [0.2, 0.25) is 0 Å². The summed E-state index contributed by atoms with van der Waals surface area (Å²) >= 11 is 0. The molecule has 0 amide bonds. The summed E-state index contributed by atoms with van der Waals surface area (Å²) in [5.74, 6) is 4.27. The van der Waals surface area contributed by atoms with Gasteiger partial charge >= 0.3 is 302 Å². The Morgan fingerprint density at radius 2 is 1.24 bits per heavy atom. The molecule has 2 aromatic rings. The van der Waals surface area contributed by atoms with Crippen molar-refractivity contribution in [2.75, 3.05) is 19.3 Å². The molecule has 18 rings (SSSR count). The van der Waals surface area contributed by atoms with Gasteiger partial charge in [-0.15, -0.1) is 0 Å². The summed E-state index contributed by atoms with van der Waals surface area (Å²) in [6.07, 6.45) is 15.4. The van der Waals surface area contributed by atoms with E-state index < -0.39 is 6.51 Å². The molecule has 5 heteroatoms. The molecule has 16 fully saturated rings. The zero-order valence-electron chi connectivity index (χ0n) is 31.1. The SMILES string of the molecule is CC(C)(C)P(C[C]12[C]3(c4ccccc4)[C]4(c5ccccc5)[CH]5[C]1(C(P)(C1CCCN1)C1CCCN1)[Fe]54231678[CH]2[CH]1[CH]6[CH]7[CH]28)C1C2CC3CC(C2)CC1C3. The summed E-state index contributed by atoms with van der Waals surface area (Å²) in [5, 5.41) is 9.54. The summed E-state index contributed by atoms with van der Waals surface area (Å²) in [7, 11) is 3.94. The molecule has 0 aromatic heterocycles. The summed E-state index contributed by atoms with van der Waals surface area (Å²) in [6, 6.07) is 27.1. The second-order valence-corrected chi connectivity index (χ2v) is 51.5. The summed E-state index contributed by atoms with van der Waals surface area (Å²) in [6.45, 7) is 6.20. The van der Waals surface area contributed by atoms with Crippen LogP contribution in [0.15, 0.2) is 60.7 Å². The molecule has 12 saturated heterocycles. The minimum atomic E-state index is -4.67. The number of hydrogen-bond donors (Lipinski definition) is 2. The maximum absolute atomic E-state index is 4.67. The topological polar surface area (TPSA) is 24.1 Å². The first-order chi connectivity index (χ1) is 24.5. The molecule has 0 radical (unpaired) electrons. The molecule has 12 aliphatic heterocycles. The Labute approximate surface area is 300 Å². The fourth-order valence-corrected chi connectivity index (χ4v) is 123. The van der Waals surface area contributed by atoms with E-state index >= 15 is 0 Å². The van der Waals surface area contributed by atoms with E-state index in [2.05, 4.69) is 101 Å². The van der Waals surface area contributed by atoms with E-state index in [9.17, 15) is 0 Å². The fourth-order valence-electron chi connectivity index (χ4n) is 30.8. The van der Waals surface area contributed by atoms with Crippen molar-refractivity contribution in [3.8, 4) is 0 Å². The molecular weight excluding hydrogens is 698 g/mol. The van der Waals surface area contributed by atoms with E-state index in [1.165, 1.54) is 62.9 Å². The van der Waals surface area contributed by atoms with Crippen molar-refractivity contribution in [1.29, 1.82) is 0 Å². The normalized spacial score (nSPS) is 71.0. The van der Waals surface area contributed by atoms with Crippen LogP contribution >= 0.6 is 17.2 Å². The first-order valence-electron chi connectivity index (χ1n) is 21.9. The van der Waals surface area contributed by atoms with Gasteiger partial charge in [-0.05, 0) is 0 Å².